The number of unbranched alkanes of at least 4 members (excludes halogenated alkanes) is 1. The number of anilines is 1. The Kier molecular flexibility index (Phi) is 12.3. The van der Waals surface area contributed by atoms with E-state index in [9.17, 15) is 31.2 Å². The highest BCUT2D eigenvalue weighted by Crippen LogP contribution is 2.37. The number of carbonyl (C=O) groups excluding carboxylic acids is 2. The Bertz CT molecular complexity index is 1810. The summed E-state index contributed by atoms with van der Waals surface area (Å²) in [4.78, 5) is 29.4. The third-order valence-corrected chi connectivity index (χ3v) is 9.78. The fourth-order valence-electron chi connectivity index (χ4n) is 5.18. The van der Waals surface area contributed by atoms with Crippen LogP contribution in [0.5, 0.6) is 0 Å². The minimum Gasteiger partial charge on any atom is -0.354 e. The second-order valence-corrected chi connectivity index (χ2v) is 13.6. The summed E-state index contributed by atoms with van der Waals surface area (Å²) >= 11 is 6.37. The highest BCUT2D eigenvalue weighted by atomic mass is 35.5. The number of amides is 2. The maximum Gasteiger partial charge on any atom is 0.416 e. The number of hydrogen-bond donors (Lipinski definition) is 1. The van der Waals surface area contributed by atoms with Crippen molar-refractivity contribution >= 4 is 39.1 Å². The quantitative estimate of drug-likeness (QED) is 0.139. The summed E-state index contributed by atoms with van der Waals surface area (Å²) in [7, 11) is -4.64. The van der Waals surface area contributed by atoms with Gasteiger partial charge in [-0.05, 0) is 54.8 Å². The van der Waals surface area contributed by atoms with E-state index in [1.165, 1.54) is 29.2 Å². The first-order valence-corrected chi connectivity index (χ1v) is 17.2. The number of halogens is 4. The Morgan fingerprint density at radius 1 is 0.875 bits per heavy atom. The lowest BCUT2D eigenvalue weighted by atomic mass is 10.0. The van der Waals surface area contributed by atoms with Gasteiger partial charge in [0.2, 0.25) is 11.8 Å². The smallest absolute Gasteiger partial charge is 0.354 e. The van der Waals surface area contributed by atoms with E-state index in [1.54, 1.807) is 30.3 Å². The molecule has 0 saturated carbocycles. The number of hydrogen-bond acceptors (Lipinski definition) is 4. The predicted molar refractivity (Wildman–Crippen MR) is 181 cm³/mol. The third kappa shape index (κ3) is 9.38. The van der Waals surface area contributed by atoms with E-state index in [-0.39, 0.29) is 22.9 Å². The number of rotatable bonds is 14. The van der Waals surface area contributed by atoms with Crippen LogP contribution in [0.25, 0.3) is 0 Å². The van der Waals surface area contributed by atoms with Crippen molar-refractivity contribution in [3.63, 3.8) is 0 Å². The largest absolute Gasteiger partial charge is 0.416 e. The Balaban J connectivity index is 1.85. The molecule has 0 radical (unpaired) electrons. The van der Waals surface area contributed by atoms with Crippen molar-refractivity contribution in [3.8, 4) is 0 Å². The predicted octanol–water partition coefficient (Wildman–Crippen LogP) is 7.42. The van der Waals surface area contributed by atoms with Crippen molar-refractivity contribution in [2.75, 3.05) is 17.4 Å². The average Bonchev–Trinajstić information content (AvgIpc) is 3.06. The molecule has 0 aliphatic rings. The van der Waals surface area contributed by atoms with Crippen LogP contribution in [-0.4, -0.2) is 44.3 Å². The lowest BCUT2D eigenvalue weighted by Crippen LogP contribution is -2.53. The number of aryl methyl sites for hydroxylation is 1. The topological polar surface area (TPSA) is 86.8 Å². The van der Waals surface area contributed by atoms with Gasteiger partial charge in [0, 0.05) is 19.5 Å². The summed E-state index contributed by atoms with van der Waals surface area (Å²) in [6, 6.07) is 24.6. The number of nitrogens with zero attached hydrogens (tertiary/aromatic N) is 2. The first-order chi connectivity index (χ1) is 22.8. The van der Waals surface area contributed by atoms with Crippen LogP contribution >= 0.6 is 11.6 Å². The molecule has 1 N–H and O–H groups in total. The van der Waals surface area contributed by atoms with Gasteiger partial charge in [-0.1, -0.05) is 103 Å². The Labute approximate surface area is 284 Å². The number of carbonyl (C=O) groups is 2. The third-order valence-electron chi connectivity index (χ3n) is 7.69. The zero-order chi connectivity index (χ0) is 34.9. The Morgan fingerprint density at radius 2 is 1.52 bits per heavy atom. The lowest BCUT2D eigenvalue weighted by Gasteiger charge is -2.34. The maximum atomic E-state index is 14.5. The average molecular weight is 700 g/mol. The van der Waals surface area contributed by atoms with Gasteiger partial charge in [0.15, 0.2) is 0 Å². The molecule has 0 aliphatic heterocycles. The number of sulfonamides is 1. The lowest BCUT2D eigenvalue weighted by molar-refractivity contribution is -0.140. The molecule has 7 nitrogen and oxygen atoms in total. The SMILES string of the molecule is CCCCNC(=O)[C@@H](Cc1ccccc1)N(Cc1cccc(C)c1)C(=O)CN(c1cc(C(F)(F)F)ccc1Cl)S(=O)(=O)c1ccccc1. The van der Waals surface area contributed by atoms with Crippen molar-refractivity contribution in [2.24, 2.45) is 0 Å². The molecule has 0 heterocycles. The summed E-state index contributed by atoms with van der Waals surface area (Å²) in [6.45, 7) is 3.20. The van der Waals surface area contributed by atoms with Gasteiger partial charge in [0.25, 0.3) is 10.0 Å². The van der Waals surface area contributed by atoms with E-state index in [2.05, 4.69) is 5.32 Å². The molecule has 4 aromatic rings. The fourth-order valence-corrected chi connectivity index (χ4v) is 6.90. The zero-order valence-electron chi connectivity index (χ0n) is 26.6. The molecular weight excluding hydrogens is 663 g/mol. The molecule has 0 aliphatic carbocycles. The molecule has 0 spiro atoms. The van der Waals surface area contributed by atoms with Crippen molar-refractivity contribution in [1.82, 2.24) is 10.2 Å². The normalized spacial score (nSPS) is 12.3. The summed E-state index contributed by atoms with van der Waals surface area (Å²) in [5, 5.41) is 2.59. The Hall–Kier alpha value is -4.35. The molecule has 4 aromatic carbocycles. The van der Waals surface area contributed by atoms with E-state index in [0.29, 0.717) is 28.9 Å². The molecule has 0 unspecified atom stereocenters. The van der Waals surface area contributed by atoms with Gasteiger partial charge in [-0.3, -0.25) is 13.9 Å². The molecule has 4 rings (SSSR count). The van der Waals surface area contributed by atoms with Crippen molar-refractivity contribution in [3.05, 3.63) is 130 Å². The van der Waals surface area contributed by atoms with Gasteiger partial charge in [-0.25, -0.2) is 8.42 Å². The van der Waals surface area contributed by atoms with E-state index in [1.807, 2.05) is 44.2 Å². The standard InChI is InChI=1S/C36H37ClF3N3O4S/c1-3-4-20-41-35(45)33(22-27-13-7-5-8-14-27)42(24-28-15-11-12-26(2)21-28)34(44)25-43(48(46,47)30-16-9-6-10-17-30)32-23-29(36(38,39)40)18-19-31(32)37/h5-19,21,23,33H,3-4,20,22,24-25H2,1-2H3,(H,41,45)/t33-/m1/s1. The van der Waals surface area contributed by atoms with Crippen LogP contribution in [0.1, 0.15) is 42.0 Å². The summed E-state index contributed by atoms with van der Waals surface area (Å²) in [5.74, 6) is -1.25. The van der Waals surface area contributed by atoms with Gasteiger partial charge < -0.3 is 10.2 Å². The second kappa shape index (κ2) is 16.2. The zero-order valence-corrected chi connectivity index (χ0v) is 28.2. The van der Waals surface area contributed by atoms with Crippen LogP contribution in [0, 0.1) is 6.92 Å². The molecule has 12 heteroatoms. The first kappa shape index (κ1) is 36.5. The molecule has 0 saturated heterocycles. The van der Waals surface area contributed by atoms with Gasteiger partial charge in [0.1, 0.15) is 12.6 Å². The van der Waals surface area contributed by atoms with Crippen LogP contribution < -0.4 is 9.62 Å². The van der Waals surface area contributed by atoms with Crippen molar-refractivity contribution in [1.29, 1.82) is 0 Å². The van der Waals surface area contributed by atoms with Crippen LogP contribution in [0.2, 0.25) is 5.02 Å². The van der Waals surface area contributed by atoms with E-state index < -0.39 is 51.9 Å². The molecule has 1 atom stereocenters. The van der Waals surface area contributed by atoms with Crippen molar-refractivity contribution < 1.29 is 31.2 Å². The molecule has 0 aromatic heterocycles. The summed E-state index contributed by atoms with van der Waals surface area (Å²) in [5.41, 5.74) is 0.667. The monoisotopic (exact) mass is 699 g/mol. The Morgan fingerprint density at radius 3 is 2.15 bits per heavy atom. The van der Waals surface area contributed by atoms with Crippen LogP contribution in [0.15, 0.2) is 108 Å². The molecule has 2 amide bonds. The highest BCUT2D eigenvalue weighted by molar-refractivity contribution is 7.92. The van der Waals surface area contributed by atoms with Crippen LogP contribution in [0.4, 0.5) is 18.9 Å². The minimum absolute atomic E-state index is 0.0746. The highest BCUT2D eigenvalue weighted by Gasteiger charge is 2.37. The van der Waals surface area contributed by atoms with Crippen molar-refractivity contribution in [2.45, 2.75) is 56.8 Å². The summed E-state index contributed by atoms with van der Waals surface area (Å²) in [6.07, 6.45) is -3.20. The molecular formula is C36H37ClF3N3O4S. The van der Waals surface area contributed by atoms with Crippen LogP contribution in [0.3, 0.4) is 0 Å². The van der Waals surface area contributed by atoms with Gasteiger partial charge in [-0.2, -0.15) is 13.2 Å². The minimum atomic E-state index is -4.82. The van der Waals surface area contributed by atoms with E-state index in [4.69, 9.17) is 11.6 Å². The molecule has 0 fully saturated rings. The molecule has 0 bridgehead atoms. The fraction of sp³-hybridized carbons (Fsp3) is 0.278. The molecule has 48 heavy (non-hydrogen) atoms. The number of benzene rings is 4. The number of alkyl halides is 3. The van der Waals surface area contributed by atoms with Gasteiger partial charge >= 0.3 is 6.18 Å². The first-order valence-electron chi connectivity index (χ1n) is 15.4. The second-order valence-electron chi connectivity index (χ2n) is 11.3. The van der Waals surface area contributed by atoms with E-state index in [0.717, 1.165) is 29.7 Å². The number of nitrogens with one attached hydrogen (secondary N) is 1. The molecule has 254 valence electrons. The maximum absolute atomic E-state index is 14.5. The van der Waals surface area contributed by atoms with E-state index >= 15 is 0 Å². The summed E-state index contributed by atoms with van der Waals surface area (Å²) < 4.78 is 70.3. The van der Waals surface area contributed by atoms with Crippen LogP contribution in [-0.2, 0) is 38.8 Å². The van der Waals surface area contributed by atoms with Gasteiger partial charge in [-0.15, -0.1) is 0 Å². The van der Waals surface area contributed by atoms with Gasteiger partial charge in [0.05, 0.1) is 21.2 Å².